The fourth-order valence-corrected chi connectivity index (χ4v) is 4.67. The van der Waals surface area contributed by atoms with Crippen LogP contribution in [0, 0.1) is 5.92 Å². The standard InChI is InChI=1S/C26H30N4O2/c1-18(31)28-14-19-7-4-8-20(13-19)23-16-29(2)17-24(23)26(32)30(3)15-21-9-5-11-25-22(21)10-6-12-27-25/h4-13,23-24H,14-17H2,1-3H3,(H,28,31)/t23-,24+/m1/s1. The van der Waals surface area contributed by atoms with Gasteiger partial charge < -0.3 is 15.1 Å². The zero-order valence-electron chi connectivity index (χ0n) is 18.9. The van der Waals surface area contributed by atoms with Gasteiger partial charge in [-0.2, -0.15) is 0 Å². The topological polar surface area (TPSA) is 65.5 Å². The molecule has 2 amide bonds. The smallest absolute Gasteiger partial charge is 0.227 e. The van der Waals surface area contributed by atoms with Gasteiger partial charge >= 0.3 is 0 Å². The van der Waals surface area contributed by atoms with Crippen LogP contribution in [0.2, 0.25) is 0 Å². The Kier molecular flexibility index (Phi) is 6.51. The monoisotopic (exact) mass is 430 g/mol. The fourth-order valence-electron chi connectivity index (χ4n) is 4.67. The van der Waals surface area contributed by atoms with Crippen molar-refractivity contribution >= 4 is 22.7 Å². The molecule has 0 saturated carbocycles. The number of benzene rings is 2. The van der Waals surface area contributed by atoms with Gasteiger partial charge in [0.15, 0.2) is 0 Å². The van der Waals surface area contributed by atoms with Crippen LogP contribution in [0.15, 0.2) is 60.8 Å². The Hall–Kier alpha value is -3.25. The van der Waals surface area contributed by atoms with Crippen molar-refractivity contribution < 1.29 is 9.59 Å². The van der Waals surface area contributed by atoms with Crippen molar-refractivity contribution in [3.05, 3.63) is 77.5 Å². The molecule has 0 spiro atoms. The Morgan fingerprint density at radius 3 is 2.75 bits per heavy atom. The zero-order valence-corrected chi connectivity index (χ0v) is 18.9. The quantitative estimate of drug-likeness (QED) is 0.652. The number of nitrogens with one attached hydrogen (secondary N) is 1. The Morgan fingerprint density at radius 1 is 1.12 bits per heavy atom. The third-order valence-electron chi connectivity index (χ3n) is 6.26. The van der Waals surface area contributed by atoms with Gasteiger partial charge in [0, 0.05) is 57.7 Å². The second-order valence-electron chi connectivity index (χ2n) is 8.77. The summed E-state index contributed by atoms with van der Waals surface area (Å²) in [7, 11) is 3.96. The average Bonchev–Trinajstić information content (AvgIpc) is 3.19. The lowest BCUT2D eigenvalue weighted by molar-refractivity contribution is -0.134. The van der Waals surface area contributed by atoms with Gasteiger partial charge in [-0.25, -0.2) is 0 Å². The van der Waals surface area contributed by atoms with E-state index in [2.05, 4.69) is 46.5 Å². The average molecular weight is 431 g/mol. The second-order valence-corrected chi connectivity index (χ2v) is 8.77. The first-order valence-corrected chi connectivity index (χ1v) is 11.0. The van der Waals surface area contributed by atoms with Crippen molar-refractivity contribution in [2.75, 3.05) is 27.2 Å². The van der Waals surface area contributed by atoms with Crippen LogP contribution in [0.3, 0.4) is 0 Å². The maximum absolute atomic E-state index is 13.5. The maximum atomic E-state index is 13.5. The minimum absolute atomic E-state index is 0.0469. The molecule has 32 heavy (non-hydrogen) atoms. The molecule has 1 aromatic heterocycles. The molecule has 2 heterocycles. The molecule has 0 bridgehead atoms. The van der Waals surface area contributed by atoms with E-state index < -0.39 is 0 Å². The summed E-state index contributed by atoms with van der Waals surface area (Å²) in [6.45, 7) is 4.15. The Morgan fingerprint density at radius 2 is 1.94 bits per heavy atom. The molecule has 1 aliphatic heterocycles. The van der Waals surface area contributed by atoms with Crippen molar-refractivity contribution in [3.63, 3.8) is 0 Å². The van der Waals surface area contributed by atoms with Crippen LogP contribution in [0.1, 0.15) is 29.5 Å². The summed E-state index contributed by atoms with van der Waals surface area (Å²) in [6, 6.07) is 18.3. The molecule has 6 nitrogen and oxygen atoms in total. The molecule has 6 heteroatoms. The molecular formula is C26H30N4O2. The third-order valence-corrected chi connectivity index (χ3v) is 6.26. The van der Waals surface area contributed by atoms with E-state index in [1.54, 1.807) is 6.20 Å². The van der Waals surface area contributed by atoms with Crippen LogP contribution in [0.25, 0.3) is 10.9 Å². The minimum Gasteiger partial charge on any atom is -0.352 e. The van der Waals surface area contributed by atoms with Crippen molar-refractivity contribution in [2.45, 2.75) is 25.9 Å². The summed E-state index contributed by atoms with van der Waals surface area (Å²) in [5.74, 6) is 0.136. The number of amides is 2. The van der Waals surface area contributed by atoms with E-state index in [1.807, 2.05) is 42.3 Å². The Balaban J connectivity index is 1.53. The lowest BCUT2D eigenvalue weighted by atomic mass is 9.87. The first-order valence-electron chi connectivity index (χ1n) is 11.0. The normalized spacial score (nSPS) is 18.6. The van der Waals surface area contributed by atoms with E-state index in [1.165, 1.54) is 6.92 Å². The molecule has 166 valence electrons. The highest BCUT2D eigenvalue weighted by Crippen LogP contribution is 2.34. The minimum atomic E-state index is -0.103. The predicted molar refractivity (Wildman–Crippen MR) is 126 cm³/mol. The number of nitrogens with zero attached hydrogens (tertiary/aromatic N) is 3. The lowest BCUT2D eigenvalue weighted by Gasteiger charge is -2.25. The zero-order chi connectivity index (χ0) is 22.7. The van der Waals surface area contributed by atoms with E-state index in [-0.39, 0.29) is 23.7 Å². The van der Waals surface area contributed by atoms with Gasteiger partial charge in [-0.1, -0.05) is 42.5 Å². The SMILES string of the molecule is CC(=O)NCc1cccc([C@H]2CN(C)C[C@@H]2C(=O)N(C)Cc2cccc3ncccc23)c1. The van der Waals surface area contributed by atoms with E-state index in [9.17, 15) is 9.59 Å². The third kappa shape index (κ3) is 4.81. The molecule has 0 unspecified atom stereocenters. The highest BCUT2D eigenvalue weighted by Gasteiger charge is 2.38. The Bertz CT molecular complexity index is 1120. The summed E-state index contributed by atoms with van der Waals surface area (Å²) in [5.41, 5.74) is 4.25. The number of carbonyl (C=O) groups is 2. The molecule has 1 saturated heterocycles. The van der Waals surface area contributed by atoms with E-state index in [4.69, 9.17) is 0 Å². The summed E-state index contributed by atoms with van der Waals surface area (Å²) in [6.07, 6.45) is 1.79. The molecule has 4 rings (SSSR count). The van der Waals surface area contributed by atoms with Crippen molar-refractivity contribution in [1.82, 2.24) is 20.1 Å². The number of aromatic nitrogens is 1. The number of pyridine rings is 1. The largest absolute Gasteiger partial charge is 0.352 e. The molecule has 1 aliphatic rings. The van der Waals surface area contributed by atoms with Crippen molar-refractivity contribution in [2.24, 2.45) is 5.92 Å². The van der Waals surface area contributed by atoms with Gasteiger partial charge in [0.05, 0.1) is 11.4 Å². The summed E-state index contributed by atoms with van der Waals surface area (Å²) < 4.78 is 0. The van der Waals surface area contributed by atoms with Gasteiger partial charge in [-0.05, 0) is 35.9 Å². The summed E-state index contributed by atoms with van der Waals surface area (Å²) in [4.78, 5) is 33.3. The van der Waals surface area contributed by atoms with E-state index in [0.29, 0.717) is 13.1 Å². The molecule has 1 N–H and O–H groups in total. The summed E-state index contributed by atoms with van der Waals surface area (Å²) >= 11 is 0. The second kappa shape index (κ2) is 9.49. The van der Waals surface area contributed by atoms with Gasteiger partial charge in [-0.15, -0.1) is 0 Å². The maximum Gasteiger partial charge on any atom is 0.227 e. The van der Waals surface area contributed by atoms with Gasteiger partial charge in [-0.3, -0.25) is 14.6 Å². The molecule has 0 aliphatic carbocycles. The number of carbonyl (C=O) groups excluding carboxylic acids is 2. The predicted octanol–water partition coefficient (Wildman–Crippen LogP) is 3.17. The molecule has 2 atom stereocenters. The van der Waals surface area contributed by atoms with E-state index in [0.717, 1.165) is 40.7 Å². The van der Waals surface area contributed by atoms with Gasteiger partial charge in [0.2, 0.25) is 11.8 Å². The number of fused-ring (bicyclic) bond motifs is 1. The molecule has 0 radical (unpaired) electrons. The van der Waals surface area contributed by atoms with Crippen LogP contribution in [-0.2, 0) is 22.7 Å². The van der Waals surface area contributed by atoms with Crippen LogP contribution in [0.5, 0.6) is 0 Å². The highest BCUT2D eigenvalue weighted by molar-refractivity contribution is 5.84. The first kappa shape index (κ1) is 22.0. The summed E-state index contributed by atoms with van der Waals surface area (Å²) in [5, 5.41) is 3.94. The van der Waals surface area contributed by atoms with Crippen molar-refractivity contribution in [1.29, 1.82) is 0 Å². The molecular weight excluding hydrogens is 400 g/mol. The van der Waals surface area contributed by atoms with Gasteiger partial charge in [0.1, 0.15) is 0 Å². The lowest BCUT2D eigenvalue weighted by Crippen LogP contribution is -2.36. The van der Waals surface area contributed by atoms with Crippen LogP contribution >= 0.6 is 0 Å². The number of likely N-dealkylation sites (tertiary alicyclic amines) is 1. The number of hydrogen-bond donors (Lipinski definition) is 1. The first-order chi connectivity index (χ1) is 15.4. The van der Waals surface area contributed by atoms with Crippen LogP contribution < -0.4 is 5.32 Å². The highest BCUT2D eigenvalue weighted by atomic mass is 16.2. The molecule has 3 aromatic rings. The Labute approximate surface area is 189 Å². The fraction of sp³-hybridized carbons (Fsp3) is 0.346. The number of rotatable bonds is 6. The molecule has 2 aromatic carbocycles. The van der Waals surface area contributed by atoms with E-state index >= 15 is 0 Å². The molecule has 1 fully saturated rings. The van der Waals surface area contributed by atoms with Crippen molar-refractivity contribution in [3.8, 4) is 0 Å². The van der Waals surface area contributed by atoms with Gasteiger partial charge in [0.25, 0.3) is 0 Å². The number of hydrogen-bond acceptors (Lipinski definition) is 4. The van der Waals surface area contributed by atoms with Crippen LogP contribution in [-0.4, -0.2) is 53.8 Å². The van der Waals surface area contributed by atoms with Crippen LogP contribution in [0.4, 0.5) is 0 Å². The number of likely N-dealkylation sites (N-methyl/N-ethyl adjacent to an activating group) is 1.